The van der Waals surface area contributed by atoms with Gasteiger partial charge in [0, 0.05) is 18.6 Å². The second-order valence-corrected chi connectivity index (χ2v) is 9.14. The van der Waals surface area contributed by atoms with Gasteiger partial charge in [0.05, 0.1) is 22.0 Å². The molecule has 0 bridgehead atoms. The third-order valence-corrected chi connectivity index (χ3v) is 6.85. The first kappa shape index (κ1) is 20.0. The minimum absolute atomic E-state index is 0.211. The third-order valence-electron chi connectivity index (χ3n) is 5.20. The van der Waals surface area contributed by atoms with Gasteiger partial charge in [-0.2, -0.15) is 4.98 Å². The molecule has 0 amide bonds. The third kappa shape index (κ3) is 3.63. The average molecular weight is 445 g/mol. The number of anilines is 1. The Morgan fingerprint density at radius 2 is 1.72 bits per heavy atom. The van der Waals surface area contributed by atoms with Crippen LogP contribution < -0.4 is 5.32 Å². The van der Waals surface area contributed by atoms with E-state index in [0.29, 0.717) is 11.8 Å². The number of nitrogens with zero attached hydrogens (tertiary/aromatic N) is 5. The molecule has 9 heteroatoms. The normalized spacial score (nSPS) is 12.7. The van der Waals surface area contributed by atoms with Crippen molar-refractivity contribution in [1.29, 1.82) is 0 Å². The molecule has 0 aliphatic heterocycles. The molecule has 0 spiro atoms. The summed E-state index contributed by atoms with van der Waals surface area (Å²) in [7, 11) is -3.63. The zero-order chi connectivity index (χ0) is 22.1. The van der Waals surface area contributed by atoms with Crippen LogP contribution in [0.1, 0.15) is 18.5 Å². The highest BCUT2D eigenvalue weighted by Crippen LogP contribution is 2.22. The zero-order valence-corrected chi connectivity index (χ0v) is 18.0. The van der Waals surface area contributed by atoms with Crippen LogP contribution in [0.25, 0.3) is 16.9 Å². The second-order valence-electron chi connectivity index (χ2n) is 7.30. The predicted molar refractivity (Wildman–Crippen MR) is 122 cm³/mol. The Morgan fingerprint density at radius 3 is 2.56 bits per heavy atom. The van der Waals surface area contributed by atoms with Gasteiger partial charge in [-0.15, -0.1) is 0 Å². The van der Waals surface area contributed by atoms with Crippen LogP contribution in [0.15, 0.2) is 96.5 Å². The molecule has 0 fully saturated rings. The standard InChI is InChI=1S/C23H20N6O2S/c1-17(18-12-14-28(15-18)32(30,31)19-7-3-2-4-8-19)26-23-24-13-11-22(27-23)29-16-25-20-9-5-6-10-21(20)29/h2-17H,1H3,(H,24,26,27). The molecule has 0 saturated heterocycles. The van der Waals surface area contributed by atoms with Crippen LogP contribution in [0.5, 0.6) is 0 Å². The van der Waals surface area contributed by atoms with Crippen molar-refractivity contribution in [2.75, 3.05) is 5.32 Å². The van der Waals surface area contributed by atoms with E-state index in [-0.39, 0.29) is 10.9 Å². The van der Waals surface area contributed by atoms with Gasteiger partial charge in [0.1, 0.15) is 12.1 Å². The van der Waals surface area contributed by atoms with Crippen molar-refractivity contribution in [2.45, 2.75) is 17.9 Å². The lowest BCUT2D eigenvalue weighted by Crippen LogP contribution is -2.12. The van der Waals surface area contributed by atoms with Gasteiger partial charge in [0.2, 0.25) is 5.95 Å². The van der Waals surface area contributed by atoms with Crippen LogP contribution in [0.2, 0.25) is 0 Å². The lowest BCUT2D eigenvalue weighted by molar-refractivity contribution is 0.587. The highest BCUT2D eigenvalue weighted by Gasteiger charge is 2.18. The summed E-state index contributed by atoms with van der Waals surface area (Å²) in [5, 5.41) is 3.25. The van der Waals surface area contributed by atoms with Crippen molar-refractivity contribution in [3.8, 4) is 5.82 Å². The number of fused-ring (bicyclic) bond motifs is 1. The SMILES string of the molecule is CC(Nc1nccc(-n2cnc3ccccc32)n1)c1ccn(S(=O)(=O)c2ccccc2)c1. The van der Waals surface area contributed by atoms with Gasteiger partial charge in [0.25, 0.3) is 10.0 Å². The molecule has 1 atom stereocenters. The van der Waals surface area contributed by atoms with Gasteiger partial charge in [-0.1, -0.05) is 30.3 Å². The summed E-state index contributed by atoms with van der Waals surface area (Å²) in [6.45, 7) is 1.93. The molecule has 1 unspecified atom stereocenters. The van der Waals surface area contributed by atoms with Crippen LogP contribution in [0.4, 0.5) is 5.95 Å². The maximum Gasteiger partial charge on any atom is 0.267 e. The summed E-state index contributed by atoms with van der Waals surface area (Å²) in [6, 6.07) is 19.5. The monoisotopic (exact) mass is 444 g/mol. The summed E-state index contributed by atoms with van der Waals surface area (Å²) in [6.07, 6.45) is 6.56. The van der Waals surface area contributed by atoms with E-state index in [9.17, 15) is 8.42 Å². The lowest BCUT2D eigenvalue weighted by Gasteiger charge is -2.13. The Hall–Kier alpha value is -3.98. The number of para-hydroxylation sites is 2. The van der Waals surface area contributed by atoms with E-state index >= 15 is 0 Å². The molecule has 0 saturated carbocycles. The van der Waals surface area contributed by atoms with Crippen molar-refractivity contribution in [2.24, 2.45) is 0 Å². The zero-order valence-electron chi connectivity index (χ0n) is 17.2. The van der Waals surface area contributed by atoms with Crippen LogP contribution in [-0.4, -0.2) is 31.9 Å². The molecule has 160 valence electrons. The number of benzene rings is 2. The fraction of sp³-hybridized carbons (Fsp3) is 0.0870. The van der Waals surface area contributed by atoms with E-state index in [2.05, 4.69) is 20.3 Å². The molecule has 2 aromatic carbocycles. The number of hydrogen-bond acceptors (Lipinski definition) is 6. The molecule has 5 aromatic rings. The van der Waals surface area contributed by atoms with Gasteiger partial charge in [-0.05, 0) is 48.9 Å². The fourth-order valence-electron chi connectivity index (χ4n) is 3.48. The highest BCUT2D eigenvalue weighted by molar-refractivity contribution is 7.90. The Morgan fingerprint density at radius 1 is 0.938 bits per heavy atom. The molecule has 0 radical (unpaired) electrons. The van der Waals surface area contributed by atoms with Crippen LogP contribution in [0.3, 0.4) is 0 Å². The van der Waals surface area contributed by atoms with Crippen LogP contribution >= 0.6 is 0 Å². The molecular formula is C23H20N6O2S. The maximum atomic E-state index is 12.8. The Bertz CT molecular complexity index is 1490. The van der Waals surface area contributed by atoms with Crippen LogP contribution in [-0.2, 0) is 10.0 Å². The molecular weight excluding hydrogens is 424 g/mol. The van der Waals surface area contributed by atoms with E-state index in [1.165, 1.54) is 3.97 Å². The summed E-state index contributed by atoms with van der Waals surface area (Å²) >= 11 is 0. The first-order chi connectivity index (χ1) is 15.5. The Balaban J connectivity index is 1.38. The van der Waals surface area contributed by atoms with Crippen molar-refractivity contribution in [1.82, 2.24) is 23.5 Å². The fourth-order valence-corrected chi connectivity index (χ4v) is 4.71. The van der Waals surface area contributed by atoms with E-state index in [4.69, 9.17) is 0 Å². The van der Waals surface area contributed by atoms with E-state index < -0.39 is 10.0 Å². The number of imidazole rings is 1. The smallest absolute Gasteiger partial charge is 0.267 e. The minimum atomic E-state index is -3.63. The maximum absolute atomic E-state index is 12.8. The number of rotatable bonds is 6. The molecule has 1 N–H and O–H groups in total. The van der Waals surface area contributed by atoms with Crippen molar-refractivity contribution in [3.05, 3.63) is 97.2 Å². The average Bonchev–Trinajstić information content (AvgIpc) is 3.48. The summed E-state index contributed by atoms with van der Waals surface area (Å²) < 4.78 is 28.8. The quantitative estimate of drug-likeness (QED) is 0.425. The second kappa shape index (κ2) is 7.93. The number of aromatic nitrogens is 5. The topological polar surface area (TPSA) is 94.7 Å². The van der Waals surface area contributed by atoms with E-state index in [0.717, 1.165) is 16.6 Å². The molecule has 0 aliphatic carbocycles. The first-order valence-electron chi connectivity index (χ1n) is 10.0. The van der Waals surface area contributed by atoms with Crippen molar-refractivity contribution >= 4 is 27.0 Å². The lowest BCUT2D eigenvalue weighted by atomic mass is 10.2. The summed E-state index contributed by atoms with van der Waals surface area (Å²) in [5.74, 6) is 1.12. The minimum Gasteiger partial charge on any atom is -0.348 e. The van der Waals surface area contributed by atoms with Gasteiger partial charge in [-0.3, -0.25) is 4.57 Å². The predicted octanol–water partition coefficient (Wildman–Crippen LogP) is 4.03. The van der Waals surface area contributed by atoms with E-state index in [1.54, 1.807) is 61.3 Å². The molecule has 8 nitrogen and oxygen atoms in total. The number of nitrogens with one attached hydrogen (secondary N) is 1. The molecule has 0 aliphatic rings. The van der Waals surface area contributed by atoms with Gasteiger partial charge >= 0.3 is 0 Å². The van der Waals surface area contributed by atoms with Crippen molar-refractivity contribution < 1.29 is 8.42 Å². The molecule has 3 aromatic heterocycles. The summed E-state index contributed by atoms with van der Waals surface area (Å²) in [5.41, 5.74) is 2.63. The Labute approximate surface area is 185 Å². The van der Waals surface area contributed by atoms with Gasteiger partial charge in [0.15, 0.2) is 0 Å². The molecule has 5 rings (SSSR count). The largest absolute Gasteiger partial charge is 0.348 e. The van der Waals surface area contributed by atoms with Crippen LogP contribution in [0, 0.1) is 0 Å². The first-order valence-corrected chi connectivity index (χ1v) is 11.5. The van der Waals surface area contributed by atoms with E-state index in [1.807, 2.05) is 41.8 Å². The summed E-state index contributed by atoms with van der Waals surface area (Å²) in [4.78, 5) is 13.6. The van der Waals surface area contributed by atoms with Crippen molar-refractivity contribution in [3.63, 3.8) is 0 Å². The number of hydrogen-bond donors (Lipinski definition) is 1. The van der Waals surface area contributed by atoms with Gasteiger partial charge < -0.3 is 5.32 Å². The highest BCUT2D eigenvalue weighted by atomic mass is 32.2. The van der Waals surface area contributed by atoms with Gasteiger partial charge in [-0.25, -0.2) is 22.4 Å². The molecule has 32 heavy (non-hydrogen) atoms. The molecule has 3 heterocycles. The Kier molecular flexibility index (Phi) is 4.95.